The van der Waals surface area contributed by atoms with Crippen LogP contribution in [0, 0.1) is 0 Å². The number of aromatic nitrogens is 3. The summed E-state index contributed by atoms with van der Waals surface area (Å²) in [5, 5.41) is 1.32. The van der Waals surface area contributed by atoms with Gasteiger partial charge in [-0.05, 0) is 6.26 Å². The first kappa shape index (κ1) is 13.4. The Kier molecular flexibility index (Phi) is 3.93. The van der Waals surface area contributed by atoms with Crippen molar-refractivity contribution in [3.63, 3.8) is 0 Å². The molecule has 0 N–H and O–H groups in total. The van der Waals surface area contributed by atoms with Crippen LogP contribution in [0.4, 0.5) is 14.6 Å². The normalized spacial score (nSPS) is 11.4. The van der Waals surface area contributed by atoms with Crippen molar-refractivity contribution in [2.75, 3.05) is 25.5 Å². The predicted molar refractivity (Wildman–Crippen MR) is 67.4 cm³/mol. The largest absolute Gasteiger partial charge is 0.297 e. The number of rotatable bonds is 4. The molecule has 0 saturated carbocycles. The molecule has 0 fully saturated rings. The summed E-state index contributed by atoms with van der Waals surface area (Å²) in [6.45, 7) is 0. The van der Waals surface area contributed by atoms with Crippen molar-refractivity contribution in [2.24, 2.45) is 0 Å². The quantitative estimate of drug-likeness (QED) is 0.638. The Morgan fingerprint density at radius 3 is 2.61 bits per heavy atom. The van der Waals surface area contributed by atoms with Crippen LogP contribution < -0.4 is 5.06 Å². The Balaban J connectivity index is 2.66. The van der Waals surface area contributed by atoms with Gasteiger partial charge in [-0.15, -0.1) is 11.3 Å². The van der Waals surface area contributed by atoms with Crippen LogP contribution in [-0.2, 0) is 4.84 Å². The molecule has 18 heavy (non-hydrogen) atoms. The van der Waals surface area contributed by atoms with Crippen LogP contribution in [0.25, 0.3) is 10.3 Å². The van der Waals surface area contributed by atoms with E-state index in [1.54, 1.807) is 7.05 Å². The van der Waals surface area contributed by atoms with Crippen molar-refractivity contribution in [2.45, 2.75) is 10.8 Å². The molecule has 0 aromatic carbocycles. The number of anilines is 1. The first-order chi connectivity index (χ1) is 8.56. The minimum Gasteiger partial charge on any atom is -0.276 e. The SMILES string of the molecule is CON(C)c1nc(C(F)F)nc2nc(SC)sc12. The van der Waals surface area contributed by atoms with Crippen LogP contribution in [0.3, 0.4) is 0 Å². The number of halogens is 2. The average Bonchev–Trinajstić information content (AvgIpc) is 2.79. The van der Waals surface area contributed by atoms with E-state index in [0.29, 0.717) is 10.5 Å². The molecule has 0 spiro atoms. The van der Waals surface area contributed by atoms with Gasteiger partial charge in [0.2, 0.25) is 0 Å². The maximum Gasteiger partial charge on any atom is 0.297 e. The maximum absolute atomic E-state index is 12.7. The van der Waals surface area contributed by atoms with E-state index in [2.05, 4.69) is 15.0 Å². The first-order valence-corrected chi connectivity index (χ1v) is 6.89. The number of alkyl halides is 2. The molecule has 98 valence electrons. The van der Waals surface area contributed by atoms with Gasteiger partial charge in [-0.2, -0.15) is 0 Å². The lowest BCUT2D eigenvalue weighted by Gasteiger charge is -2.15. The van der Waals surface area contributed by atoms with Crippen LogP contribution >= 0.6 is 23.1 Å². The summed E-state index contributed by atoms with van der Waals surface area (Å²) < 4.78 is 26.8. The van der Waals surface area contributed by atoms with Gasteiger partial charge in [0, 0.05) is 7.05 Å². The van der Waals surface area contributed by atoms with Crippen molar-refractivity contribution >= 4 is 39.3 Å². The Labute approximate surface area is 110 Å². The Hall–Kier alpha value is -1.06. The van der Waals surface area contributed by atoms with Gasteiger partial charge in [0.15, 0.2) is 21.6 Å². The average molecular weight is 292 g/mol. The molecule has 0 saturated heterocycles. The van der Waals surface area contributed by atoms with Crippen molar-refractivity contribution in [1.82, 2.24) is 15.0 Å². The van der Waals surface area contributed by atoms with Gasteiger partial charge >= 0.3 is 0 Å². The van der Waals surface area contributed by atoms with Crippen LogP contribution in [0.15, 0.2) is 4.34 Å². The molecule has 2 heterocycles. The summed E-state index contributed by atoms with van der Waals surface area (Å²) in [6.07, 6.45) is -0.878. The smallest absolute Gasteiger partial charge is 0.276 e. The number of fused-ring (bicyclic) bond motifs is 1. The lowest BCUT2D eigenvalue weighted by Crippen LogP contribution is -2.17. The second-order valence-corrected chi connectivity index (χ2v) is 5.28. The highest BCUT2D eigenvalue weighted by Crippen LogP contribution is 2.34. The third-order valence-corrected chi connectivity index (χ3v) is 4.20. The fourth-order valence-corrected chi connectivity index (χ4v) is 2.81. The van der Waals surface area contributed by atoms with Crippen molar-refractivity contribution < 1.29 is 13.6 Å². The lowest BCUT2D eigenvalue weighted by molar-refractivity contribution is 0.139. The van der Waals surface area contributed by atoms with Gasteiger partial charge in [-0.1, -0.05) is 11.8 Å². The summed E-state index contributed by atoms with van der Waals surface area (Å²) >= 11 is 2.78. The minimum atomic E-state index is -2.74. The summed E-state index contributed by atoms with van der Waals surface area (Å²) in [4.78, 5) is 16.7. The monoisotopic (exact) mass is 292 g/mol. The van der Waals surface area contributed by atoms with Gasteiger partial charge in [0.25, 0.3) is 6.43 Å². The van der Waals surface area contributed by atoms with E-state index < -0.39 is 12.2 Å². The third-order valence-electron chi connectivity index (χ3n) is 2.18. The number of hydrogen-bond acceptors (Lipinski definition) is 7. The van der Waals surface area contributed by atoms with E-state index in [4.69, 9.17) is 4.84 Å². The van der Waals surface area contributed by atoms with E-state index >= 15 is 0 Å². The Morgan fingerprint density at radius 2 is 2.06 bits per heavy atom. The maximum atomic E-state index is 12.7. The fourth-order valence-electron chi connectivity index (χ4n) is 1.29. The Bertz CT molecular complexity index is 563. The van der Waals surface area contributed by atoms with E-state index in [0.717, 1.165) is 4.34 Å². The zero-order valence-corrected chi connectivity index (χ0v) is 11.5. The topological polar surface area (TPSA) is 51.1 Å². The van der Waals surface area contributed by atoms with Crippen LogP contribution in [0.1, 0.15) is 12.2 Å². The van der Waals surface area contributed by atoms with Gasteiger partial charge < -0.3 is 0 Å². The van der Waals surface area contributed by atoms with Crippen LogP contribution in [0.2, 0.25) is 0 Å². The number of thioether (sulfide) groups is 1. The number of thiazole rings is 1. The summed E-state index contributed by atoms with van der Waals surface area (Å²) in [6, 6.07) is 0. The molecule has 0 aliphatic rings. The molecular weight excluding hydrogens is 282 g/mol. The molecule has 0 amide bonds. The molecule has 9 heteroatoms. The minimum absolute atomic E-state index is 0.272. The highest BCUT2D eigenvalue weighted by Gasteiger charge is 2.20. The van der Waals surface area contributed by atoms with Gasteiger partial charge in [0.05, 0.1) is 7.11 Å². The van der Waals surface area contributed by atoms with Crippen molar-refractivity contribution in [3.05, 3.63) is 5.82 Å². The van der Waals surface area contributed by atoms with Crippen LogP contribution in [0.5, 0.6) is 0 Å². The molecule has 0 unspecified atom stereocenters. The summed E-state index contributed by atoms with van der Waals surface area (Å²) in [5.74, 6) is -0.241. The molecule has 5 nitrogen and oxygen atoms in total. The molecule has 0 atom stereocenters. The lowest BCUT2D eigenvalue weighted by atomic mass is 10.5. The fraction of sp³-hybridized carbons (Fsp3) is 0.444. The molecule has 2 aromatic rings. The second kappa shape index (κ2) is 5.29. The molecular formula is C9H10F2N4OS2. The van der Waals surface area contributed by atoms with E-state index in [1.165, 1.54) is 35.3 Å². The van der Waals surface area contributed by atoms with Crippen molar-refractivity contribution in [1.29, 1.82) is 0 Å². The highest BCUT2D eigenvalue weighted by atomic mass is 32.2. The number of hydrogen-bond donors (Lipinski definition) is 0. The van der Waals surface area contributed by atoms with Gasteiger partial charge in [0.1, 0.15) is 4.70 Å². The van der Waals surface area contributed by atoms with Crippen LogP contribution in [-0.4, -0.2) is 35.4 Å². The van der Waals surface area contributed by atoms with Gasteiger partial charge in [-0.3, -0.25) is 4.84 Å². The number of hydroxylamine groups is 1. The second-order valence-electron chi connectivity index (χ2n) is 3.22. The molecule has 2 rings (SSSR count). The standard InChI is InChI=1S/C9H10F2N4OS2/c1-15(16-2)8-4-6(14-9(17-3)18-4)12-7(13-8)5(10)11/h5H,1-3H3. The summed E-state index contributed by atoms with van der Waals surface area (Å²) in [7, 11) is 3.03. The van der Waals surface area contributed by atoms with E-state index in [-0.39, 0.29) is 5.65 Å². The molecule has 2 aromatic heterocycles. The van der Waals surface area contributed by atoms with Crippen molar-refractivity contribution in [3.8, 4) is 0 Å². The summed E-state index contributed by atoms with van der Waals surface area (Å²) in [5.41, 5.74) is 0.272. The molecule has 0 aliphatic heterocycles. The zero-order chi connectivity index (χ0) is 13.3. The molecule has 0 radical (unpaired) electrons. The van der Waals surface area contributed by atoms with E-state index in [1.807, 2.05) is 6.26 Å². The number of nitrogens with zero attached hydrogens (tertiary/aromatic N) is 4. The van der Waals surface area contributed by atoms with Gasteiger partial charge in [-0.25, -0.2) is 28.8 Å². The predicted octanol–water partition coefficient (Wildman–Crippen LogP) is 2.74. The third kappa shape index (κ3) is 2.38. The molecule has 0 bridgehead atoms. The first-order valence-electron chi connectivity index (χ1n) is 4.85. The zero-order valence-electron chi connectivity index (χ0n) is 9.85. The highest BCUT2D eigenvalue weighted by molar-refractivity contribution is 8.00. The Morgan fingerprint density at radius 1 is 1.33 bits per heavy atom. The molecule has 0 aliphatic carbocycles. The van der Waals surface area contributed by atoms with E-state index in [9.17, 15) is 8.78 Å².